The normalized spacial score (nSPS) is 10.3. The Hall–Kier alpha value is -1.13. The van der Waals surface area contributed by atoms with Crippen LogP contribution in [0.2, 0.25) is 0 Å². The molecule has 20 heavy (non-hydrogen) atoms. The molecule has 0 radical (unpaired) electrons. The summed E-state index contributed by atoms with van der Waals surface area (Å²) in [5.74, 6) is -0.116. The number of hydrogen-bond acceptors (Lipinski definition) is 1. The molecule has 0 aliphatic carbocycles. The van der Waals surface area contributed by atoms with Crippen LogP contribution in [0.1, 0.15) is 29.3 Å². The fourth-order valence-electron chi connectivity index (χ4n) is 1.93. The van der Waals surface area contributed by atoms with Crippen LogP contribution in [0.15, 0.2) is 51.4 Å². The van der Waals surface area contributed by atoms with Gasteiger partial charge in [0.05, 0.1) is 0 Å². The maximum atomic E-state index is 12.2. The molecule has 2 nitrogen and oxygen atoms in total. The second-order valence-corrected chi connectivity index (χ2v) is 6.39. The van der Waals surface area contributed by atoms with Crippen LogP contribution >= 0.6 is 31.9 Å². The van der Waals surface area contributed by atoms with Gasteiger partial charge in [-0.3, -0.25) is 4.79 Å². The van der Waals surface area contributed by atoms with E-state index in [0.29, 0.717) is 5.56 Å². The van der Waals surface area contributed by atoms with E-state index in [1.54, 1.807) is 12.1 Å². The smallest absolute Gasteiger partial charge is 0.255 e. The molecule has 2 aromatic rings. The fourth-order valence-corrected chi connectivity index (χ4v) is 3.23. The molecule has 4 heteroatoms. The molecule has 1 N–H and O–H groups in total. The van der Waals surface area contributed by atoms with Crippen molar-refractivity contribution < 1.29 is 4.79 Å². The maximum Gasteiger partial charge on any atom is 0.255 e. The average Bonchev–Trinajstić information content (AvgIpc) is 2.40. The highest BCUT2D eigenvalue weighted by Gasteiger charge is 2.08. The number of carbonyl (C=O) groups is 1. The van der Waals surface area contributed by atoms with Gasteiger partial charge in [0.1, 0.15) is 0 Å². The van der Waals surface area contributed by atoms with Crippen molar-refractivity contribution in [2.24, 2.45) is 0 Å². The van der Waals surface area contributed by atoms with E-state index in [1.807, 2.05) is 18.2 Å². The SMILES string of the molecule is CCCc1ccc(NC(=O)c2cc(Br)cc(Br)c2)cc1. The summed E-state index contributed by atoms with van der Waals surface area (Å²) < 4.78 is 1.74. The van der Waals surface area contributed by atoms with Crippen molar-refractivity contribution in [1.82, 2.24) is 0 Å². The molecule has 0 bridgehead atoms. The van der Waals surface area contributed by atoms with Gasteiger partial charge < -0.3 is 5.32 Å². The first-order valence-electron chi connectivity index (χ1n) is 6.45. The van der Waals surface area contributed by atoms with Crippen LogP contribution in [0, 0.1) is 0 Å². The molecule has 0 atom stereocenters. The predicted octanol–water partition coefficient (Wildman–Crippen LogP) is 5.42. The van der Waals surface area contributed by atoms with Crippen molar-refractivity contribution in [3.05, 3.63) is 62.5 Å². The number of nitrogens with one attached hydrogen (secondary N) is 1. The van der Waals surface area contributed by atoms with Crippen molar-refractivity contribution in [2.45, 2.75) is 19.8 Å². The van der Waals surface area contributed by atoms with E-state index in [-0.39, 0.29) is 5.91 Å². The van der Waals surface area contributed by atoms with Crippen LogP contribution in [-0.4, -0.2) is 5.91 Å². The van der Waals surface area contributed by atoms with Gasteiger partial charge in [-0.1, -0.05) is 57.3 Å². The van der Waals surface area contributed by atoms with Crippen molar-refractivity contribution >= 4 is 43.5 Å². The number of amides is 1. The van der Waals surface area contributed by atoms with Gasteiger partial charge in [-0.15, -0.1) is 0 Å². The van der Waals surface area contributed by atoms with E-state index in [9.17, 15) is 4.79 Å². The zero-order valence-corrected chi connectivity index (χ0v) is 14.3. The number of benzene rings is 2. The van der Waals surface area contributed by atoms with Crippen LogP contribution in [0.4, 0.5) is 5.69 Å². The number of anilines is 1. The molecule has 0 unspecified atom stereocenters. The molecule has 0 fully saturated rings. The van der Waals surface area contributed by atoms with Crippen LogP contribution < -0.4 is 5.32 Å². The molecule has 0 saturated carbocycles. The van der Waals surface area contributed by atoms with Crippen molar-refractivity contribution in [3.8, 4) is 0 Å². The van der Waals surface area contributed by atoms with E-state index in [1.165, 1.54) is 5.56 Å². The topological polar surface area (TPSA) is 29.1 Å². The van der Waals surface area contributed by atoms with E-state index in [0.717, 1.165) is 27.5 Å². The molecule has 0 aliphatic heterocycles. The van der Waals surface area contributed by atoms with Gasteiger partial charge in [0, 0.05) is 20.2 Å². The Morgan fingerprint density at radius 3 is 2.20 bits per heavy atom. The Bertz CT molecular complexity index is 588. The predicted molar refractivity (Wildman–Crippen MR) is 90.2 cm³/mol. The first-order valence-corrected chi connectivity index (χ1v) is 8.03. The molecule has 0 heterocycles. The quantitative estimate of drug-likeness (QED) is 0.734. The minimum atomic E-state index is -0.116. The van der Waals surface area contributed by atoms with Gasteiger partial charge in [-0.05, 0) is 42.3 Å². The first kappa shape index (κ1) is 15.3. The molecule has 0 saturated heterocycles. The Morgan fingerprint density at radius 2 is 1.65 bits per heavy atom. The highest BCUT2D eigenvalue weighted by Crippen LogP contribution is 2.21. The summed E-state index contributed by atoms with van der Waals surface area (Å²) in [7, 11) is 0. The molecular formula is C16H15Br2NO. The Kier molecular flexibility index (Phi) is 5.38. The Morgan fingerprint density at radius 1 is 1.05 bits per heavy atom. The monoisotopic (exact) mass is 395 g/mol. The third kappa shape index (κ3) is 4.18. The highest BCUT2D eigenvalue weighted by atomic mass is 79.9. The number of halogens is 2. The van der Waals surface area contributed by atoms with Crippen molar-refractivity contribution in [2.75, 3.05) is 5.32 Å². The van der Waals surface area contributed by atoms with Gasteiger partial charge >= 0.3 is 0 Å². The molecule has 0 spiro atoms. The van der Waals surface area contributed by atoms with Gasteiger partial charge in [0.25, 0.3) is 5.91 Å². The van der Waals surface area contributed by atoms with Gasteiger partial charge in [0.15, 0.2) is 0 Å². The number of aryl methyl sites for hydroxylation is 1. The zero-order valence-electron chi connectivity index (χ0n) is 11.1. The Balaban J connectivity index is 2.10. The van der Waals surface area contributed by atoms with E-state index < -0.39 is 0 Å². The maximum absolute atomic E-state index is 12.2. The first-order chi connectivity index (χ1) is 9.58. The van der Waals surface area contributed by atoms with Crippen LogP contribution in [-0.2, 0) is 6.42 Å². The third-order valence-electron chi connectivity index (χ3n) is 2.88. The van der Waals surface area contributed by atoms with E-state index >= 15 is 0 Å². The zero-order chi connectivity index (χ0) is 14.5. The second-order valence-electron chi connectivity index (χ2n) is 4.56. The second kappa shape index (κ2) is 7.04. The summed E-state index contributed by atoms with van der Waals surface area (Å²) in [5, 5.41) is 2.90. The van der Waals surface area contributed by atoms with E-state index in [2.05, 4.69) is 56.2 Å². The summed E-state index contributed by atoms with van der Waals surface area (Å²) >= 11 is 6.77. The molecule has 104 valence electrons. The van der Waals surface area contributed by atoms with Crippen molar-refractivity contribution in [1.29, 1.82) is 0 Å². The molecule has 1 amide bonds. The van der Waals surface area contributed by atoms with Crippen LogP contribution in [0.25, 0.3) is 0 Å². The third-order valence-corrected chi connectivity index (χ3v) is 3.79. The molecular weight excluding hydrogens is 382 g/mol. The Labute approximate surface area is 135 Å². The van der Waals surface area contributed by atoms with Gasteiger partial charge in [-0.2, -0.15) is 0 Å². The summed E-state index contributed by atoms with van der Waals surface area (Å²) in [6, 6.07) is 13.5. The minimum absolute atomic E-state index is 0.116. The standard InChI is InChI=1S/C16H15Br2NO/c1-2-3-11-4-6-15(7-5-11)19-16(20)12-8-13(17)10-14(18)9-12/h4-10H,2-3H2,1H3,(H,19,20). The lowest BCUT2D eigenvalue weighted by Gasteiger charge is -2.07. The highest BCUT2D eigenvalue weighted by molar-refractivity contribution is 9.11. The number of carbonyl (C=O) groups excluding carboxylic acids is 1. The number of rotatable bonds is 4. The largest absolute Gasteiger partial charge is 0.322 e. The summed E-state index contributed by atoms with van der Waals surface area (Å²) in [6.07, 6.45) is 2.19. The summed E-state index contributed by atoms with van der Waals surface area (Å²) in [5.41, 5.74) is 2.71. The lowest BCUT2D eigenvalue weighted by molar-refractivity contribution is 0.102. The molecule has 0 aromatic heterocycles. The van der Waals surface area contributed by atoms with Gasteiger partial charge in [-0.25, -0.2) is 0 Å². The lowest BCUT2D eigenvalue weighted by Crippen LogP contribution is -2.11. The van der Waals surface area contributed by atoms with Crippen LogP contribution in [0.3, 0.4) is 0 Å². The molecule has 2 rings (SSSR count). The summed E-state index contributed by atoms with van der Waals surface area (Å²) in [4.78, 5) is 12.2. The van der Waals surface area contributed by atoms with Crippen LogP contribution in [0.5, 0.6) is 0 Å². The number of hydrogen-bond donors (Lipinski definition) is 1. The van der Waals surface area contributed by atoms with E-state index in [4.69, 9.17) is 0 Å². The molecule has 0 aliphatic rings. The van der Waals surface area contributed by atoms with Crippen molar-refractivity contribution in [3.63, 3.8) is 0 Å². The molecule has 2 aromatic carbocycles. The van der Waals surface area contributed by atoms with Gasteiger partial charge in [0.2, 0.25) is 0 Å². The minimum Gasteiger partial charge on any atom is -0.322 e. The average molecular weight is 397 g/mol. The summed E-state index contributed by atoms with van der Waals surface area (Å²) in [6.45, 7) is 2.15. The lowest BCUT2D eigenvalue weighted by atomic mass is 10.1. The fraction of sp³-hybridized carbons (Fsp3) is 0.188.